The molecular formula is C17H22Cl2SiZr-2. The minimum absolute atomic E-state index is 0. The first-order valence-electron chi connectivity index (χ1n) is 7.14. The number of fused-ring (bicyclic) bond motifs is 1. The summed E-state index contributed by atoms with van der Waals surface area (Å²) in [4.78, 5) is 0. The Morgan fingerprint density at radius 3 is 2.24 bits per heavy atom. The van der Waals surface area contributed by atoms with Crippen LogP contribution in [0.1, 0.15) is 27.2 Å². The number of rotatable bonds is 2. The Balaban J connectivity index is 0.00000110. The zero-order chi connectivity index (χ0) is 13.6. The van der Waals surface area contributed by atoms with Gasteiger partial charge in [-0.05, 0) is 0 Å². The molecule has 0 bridgehead atoms. The van der Waals surface area contributed by atoms with E-state index in [9.17, 15) is 0 Å². The van der Waals surface area contributed by atoms with Crippen LogP contribution in [0.4, 0.5) is 0 Å². The third kappa shape index (κ3) is 3.39. The Labute approximate surface area is 146 Å². The molecule has 3 rings (SSSR count). The van der Waals surface area contributed by atoms with Gasteiger partial charge in [-0.2, -0.15) is 0 Å². The van der Waals surface area contributed by atoms with E-state index in [2.05, 4.69) is 70.9 Å². The summed E-state index contributed by atoms with van der Waals surface area (Å²) in [5.41, 5.74) is 11.2. The molecule has 1 aromatic rings. The first-order valence-corrected chi connectivity index (χ1v) is 19.6. The van der Waals surface area contributed by atoms with Crippen molar-refractivity contribution in [1.82, 2.24) is 0 Å². The molecule has 0 radical (unpaired) electrons. The van der Waals surface area contributed by atoms with E-state index in [1.54, 1.807) is 5.56 Å². The van der Waals surface area contributed by atoms with Gasteiger partial charge in [-0.15, -0.1) is 0 Å². The van der Waals surface area contributed by atoms with Crippen LogP contribution < -0.4 is 24.8 Å². The second kappa shape index (κ2) is 7.13. The second-order valence-electron chi connectivity index (χ2n) is 6.54. The molecule has 0 aromatic heterocycles. The van der Waals surface area contributed by atoms with E-state index in [1.807, 2.05) is 0 Å². The number of hydrogen-bond donors (Lipinski definition) is 0. The number of halogens is 2. The summed E-state index contributed by atoms with van der Waals surface area (Å²) in [5, 5.41) is 0. The predicted molar refractivity (Wildman–Crippen MR) is 84.7 cm³/mol. The number of allylic oxidation sites excluding steroid dienone is 4. The minimum Gasteiger partial charge on any atom is -1.00 e. The molecule has 2 aliphatic rings. The molecule has 1 aliphatic carbocycles. The van der Waals surface area contributed by atoms with Gasteiger partial charge in [0.25, 0.3) is 0 Å². The van der Waals surface area contributed by atoms with Gasteiger partial charge in [0, 0.05) is 0 Å². The van der Waals surface area contributed by atoms with Gasteiger partial charge in [0.2, 0.25) is 0 Å². The van der Waals surface area contributed by atoms with E-state index in [0.717, 1.165) is 3.63 Å². The Morgan fingerprint density at radius 2 is 1.62 bits per heavy atom. The van der Waals surface area contributed by atoms with Crippen LogP contribution in [-0.2, 0) is 19.4 Å². The summed E-state index contributed by atoms with van der Waals surface area (Å²) in [6, 6.07) is 7.07. The fourth-order valence-electron chi connectivity index (χ4n) is 3.46. The number of aryl methyl sites for hydroxylation is 1. The Kier molecular flexibility index (Phi) is 6.51. The van der Waals surface area contributed by atoms with Gasteiger partial charge < -0.3 is 24.8 Å². The molecule has 0 nitrogen and oxygen atoms in total. The average Bonchev–Trinajstić information content (AvgIpc) is 2.98. The fraction of sp³-hybridized carbons (Fsp3) is 0.294. The molecule has 1 heterocycles. The summed E-state index contributed by atoms with van der Waals surface area (Å²) >= 11 is -2.09. The molecule has 0 spiro atoms. The SMILES string of the molecule is CC1=C[CH]([Zr]([CH3])([CH3])[SiH]2C=CC=C2)c2ccc(C)cc21.[Cl-].[Cl-]. The van der Waals surface area contributed by atoms with Crippen molar-refractivity contribution in [3.8, 4) is 0 Å². The van der Waals surface area contributed by atoms with Gasteiger partial charge in [0.05, 0.1) is 0 Å². The van der Waals surface area contributed by atoms with Crippen LogP contribution in [0, 0.1) is 6.92 Å². The maximum Gasteiger partial charge on any atom is -1.00 e. The molecule has 1 atom stereocenters. The van der Waals surface area contributed by atoms with Crippen molar-refractivity contribution >= 4 is 11.5 Å². The Bertz CT molecular complexity index is 605. The molecule has 0 saturated heterocycles. The standard InChI is InChI=1S/C11H11.C4H5Si.2CH3.2ClH.Zr/c1-8-3-5-10-6-4-9(2)11(10)7-8;1-2-4-5-3-1;;;;;/h3-7H,1-2H3;1-5H;2*1H3;2*1H;/p-2. The maximum atomic E-state index is 2.66. The van der Waals surface area contributed by atoms with E-state index >= 15 is 0 Å². The molecule has 1 unspecified atom stereocenters. The number of benzene rings is 1. The molecule has 4 heteroatoms. The third-order valence-corrected chi connectivity index (χ3v) is 30.5. The molecule has 0 saturated carbocycles. The molecule has 0 fully saturated rings. The first kappa shape index (κ1) is 19.2. The topological polar surface area (TPSA) is 0 Å². The summed E-state index contributed by atoms with van der Waals surface area (Å²) in [6.45, 7) is 4.49. The van der Waals surface area contributed by atoms with Crippen molar-refractivity contribution in [2.75, 3.05) is 0 Å². The third-order valence-electron chi connectivity index (χ3n) is 4.79. The van der Waals surface area contributed by atoms with E-state index in [-0.39, 0.29) is 24.8 Å². The van der Waals surface area contributed by atoms with E-state index in [0.29, 0.717) is 0 Å². The summed E-state index contributed by atoms with van der Waals surface area (Å²) in [7, 11) is 0. The van der Waals surface area contributed by atoms with Crippen molar-refractivity contribution < 1.29 is 44.2 Å². The molecule has 0 amide bonds. The quantitative estimate of drug-likeness (QED) is 0.523. The monoisotopic (exact) mass is 414 g/mol. The molecule has 1 aliphatic heterocycles. The summed E-state index contributed by atoms with van der Waals surface area (Å²) < 4.78 is 6.11. The molecule has 21 heavy (non-hydrogen) atoms. The Hall–Kier alpha value is 0.120. The first-order chi connectivity index (χ1) is 9.00. The minimum atomic E-state index is -2.09. The molecule has 1 aromatic carbocycles. The van der Waals surface area contributed by atoms with Crippen LogP contribution in [0.3, 0.4) is 0 Å². The van der Waals surface area contributed by atoms with Crippen LogP contribution in [-0.4, -0.2) is 5.92 Å². The average molecular weight is 417 g/mol. The van der Waals surface area contributed by atoms with E-state index in [1.165, 1.54) is 16.7 Å². The summed E-state index contributed by atoms with van der Waals surface area (Å²) in [5.74, 6) is -0.737. The predicted octanol–water partition coefficient (Wildman–Crippen LogP) is -1.36. The number of hydrogen-bond acceptors (Lipinski definition) is 0. The van der Waals surface area contributed by atoms with E-state index in [4.69, 9.17) is 0 Å². The zero-order valence-corrected chi connectivity index (χ0v) is 18.2. The summed E-state index contributed by atoms with van der Waals surface area (Å²) in [6.07, 6.45) is 7.17. The van der Waals surface area contributed by atoms with Crippen molar-refractivity contribution in [3.63, 3.8) is 0 Å². The van der Waals surface area contributed by atoms with Crippen LogP contribution in [0.2, 0.25) is 9.26 Å². The van der Waals surface area contributed by atoms with Crippen molar-refractivity contribution in [2.24, 2.45) is 0 Å². The molecule has 0 N–H and O–H groups in total. The van der Waals surface area contributed by atoms with Gasteiger partial charge in [-0.3, -0.25) is 0 Å². The maximum absolute atomic E-state index is 2.66. The zero-order valence-electron chi connectivity index (χ0n) is 13.0. The van der Waals surface area contributed by atoms with Crippen LogP contribution in [0.15, 0.2) is 47.8 Å². The van der Waals surface area contributed by atoms with Crippen LogP contribution >= 0.6 is 0 Å². The van der Waals surface area contributed by atoms with Gasteiger partial charge >= 0.3 is 122 Å². The van der Waals surface area contributed by atoms with Crippen molar-refractivity contribution in [1.29, 1.82) is 0 Å². The van der Waals surface area contributed by atoms with Gasteiger partial charge in [-0.1, -0.05) is 0 Å². The van der Waals surface area contributed by atoms with Gasteiger partial charge in [-0.25, -0.2) is 0 Å². The van der Waals surface area contributed by atoms with Crippen LogP contribution in [0.25, 0.3) is 5.57 Å². The smallest absolute Gasteiger partial charge is 1.00 e. The van der Waals surface area contributed by atoms with E-state index < -0.39 is 25.4 Å². The van der Waals surface area contributed by atoms with Gasteiger partial charge in [0.15, 0.2) is 0 Å². The molecule has 114 valence electrons. The fourth-order valence-corrected chi connectivity index (χ4v) is 23.6. The largest absolute Gasteiger partial charge is 1.00 e. The Morgan fingerprint density at radius 1 is 1.00 bits per heavy atom. The van der Waals surface area contributed by atoms with Crippen molar-refractivity contribution in [3.05, 3.63) is 64.5 Å². The second-order valence-corrected chi connectivity index (χ2v) is 32.6. The normalized spacial score (nSPS) is 19.8. The van der Waals surface area contributed by atoms with Crippen molar-refractivity contribution in [2.45, 2.75) is 26.7 Å². The van der Waals surface area contributed by atoms with Crippen LogP contribution in [0.5, 0.6) is 0 Å². The molecular weight excluding hydrogens is 394 g/mol. The van der Waals surface area contributed by atoms with Gasteiger partial charge in [0.1, 0.15) is 0 Å².